The summed E-state index contributed by atoms with van der Waals surface area (Å²) in [4.78, 5) is 12.8. The molecule has 162 valence electrons. The lowest BCUT2D eigenvalue weighted by molar-refractivity contribution is -0.121. The highest BCUT2D eigenvalue weighted by Crippen LogP contribution is 2.34. The van der Waals surface area contributed by atoms with Gasteiger partial charge in [-0.15, -0.1) is 5.10 Å². The summed E-state index contributed by atoms with van der Waals surface area (Å²) in [6.45, 7) is 7.32. The summed E-state index contributed by atoms with van der Waals surface area (Å²) in [6.07, 6.45) is 1.16. The normalized spacial score (nSPS) is 14.2. The molecule has 1 amide bonds. The maximum atomic E-state index is 12.8. The van der Waals surface area contributed by atoms with E-state index in [4.69, 9.17) is 9.47 Å². The summed E-state index contributed by atoms with van der Waals surface area (Å²) < 4.78 is 13.2. The first-order valence-corrected chi connectivity index (χ1v) is 10.5. The molecular formula is C23H27N5O3. The number of nitrogens with zero attached hydrogens (tertiary/aromatic N) is 4. The van der Waals surface area contributed by atoms with Gasteiger partial charge in [0.1, 0.15) is 0 Å². The van der Waals surface area contributed by atoms with E-state index in [1.807, 2.05) is 49.4 Å². The summed E-state index contributed by atoms with van der Waals surface area (Å²) in [5.74, 6) is 2.40. The highest BCUT2D eigenvalue weighted by atomic mass is 16.5. The van der Waals surface area contributed by atoms with Crippen LogP contribution in [0, 0.1) is 12.8 Å². The fourth-order valence-electron chi connectivity index (χ4n) is 3.64. The van der Waals surface area contributed by atoms with Crippen molar-refractivity contribution in [3.63, 3.8) is 0 Å². The molecule has 1 aromatic heterocycles. The second-order valence-electron chi connectivity index (χ2n) is 8.03. The van der Waals surface area contributed by atoms with Crippen LogP contribution < -0.4 is 14.8 Å². The number of hydrogen-bond acceptors (Lipinski definition) is 6. The number of aromatic nitrogens is 4. The average molecular weight is 422 g/mol. The molecule has 8 nitrogen and oxygen atoms in total. The third kappa shape index (κ3) is 4.84. The lowest BCUT2D eigenvalue weighted by atomic mass is 9.95. The first kappa shape index (κ1) is 20.8. The zero-order valence-corrected chi connectivity index (χ0v) is 18.0. The van der Waals surface area contributed by atoms with E-state index in [-0.39, 0.29) is 17.9 Å². The third-order valence-electron chi connectivity index (χ3n) is 5.28. The first-order chi connectivity index (χ1) is 15.0. The minimum absolute atomic E-state index is 0.0304. The van der Waals surface area contributed by atoms with Crippen LogP contribution in [0.5, 0.6) is 11.5 Å². The van der Waals surface area contributed by atoms with Gasteiger partial charge in [-0.2, -0.15) is 4.68 Å². The van der Waals surface area contributed by atoms with Gasteiger partial charge in [0.25, 0.3) is 0 Å². The molecule has 0 saturated carbocycles. The lowest BCUT2D eigenvalue weighted by Crippen LogP contribution is -2.32. The minimum atomic E-state index is -0.118. The fourth-order valence-corrected chi connectivity index (χ4v) is 3.64. The number of aryl methyl sites for hydroxylation is 1. The van der Waals surface area contributed by atoms with Crippen LogP contribution in [0.4, 0.5) is 0 Å². The van der Waals surface area contributed by atoms with Crippen molar-refractivity contribution in [2.45, 2.75) is 39.7 Å². The van der Waals surface area contributed by atoms with Gasteiger partial charge in [-0.25, -0.2) is 0 Å². The van der Waals surface area contributed by atoms with E-state index in [1.165, 1.54) is 0 Å². The maximum absolute atomic E-state index is 12.8. The average Bonchev–Trinajstić information content (AvgIpc) is 3.04. The monoisotopic (exact) mass is 421 g/mol. The number of carbonyl (C=O) groups excluding carboxylic acids is 1. The van der Waals surface area contributed by atoms with Crippen molar-refractivity contribution >= 4 is 5.91 Å². The van der Waals surface area contributed by atoms with Crippen molar-refractivity contribution in [2.75, 3.05) is 13.2 Å². The Bertz CT molecular complexity index is 1050. The molecule has 31 heavy (non-hydrogen) atoms. The lowest BCUT2D eigenvalue weighted by Gasteiger charge is -2.24. The van der Waals surface area contributed by atoms with Crippen LogP contribution >= 0.6 is 0 Å². The Kier molecular flexibility index (Phi) is 6.16. The van der Waals surface area contributed by atoms with E-state index in [9.17, 15) is 4.79 Å². The van der Waals surface area contributed by atoms with Crippen molar-refractivity contribution in [2.24, 2.45) is 5.92 Å². The SMILES string of the molecule is Cc1nnnn1-c1ccc(CC(=O)N[C@H](c2ccc3c(c2)OCCCO3)C(C)C)cc1. The minimum Gasteiger partial charge on any atom is -0.490 e. The predicted molar refractivity (Wildman–Crippen MR) is 115 cm³/mol. The number of fused-ring (bicyclic) bond motifs is 1. The molecule has 0 radical (unpaired) electrons. The fraction of sp³-hybridized carbons (Fsp3) is 0.391. The summed E-state index contributed by atoms with van der Waals surface area (Å²) in [5, 5.41) is 14.7. The second kappa shape index (κ2) is 9.16. The highest BCUT2D eigenvalue weighted by molar-refractivity contribution is 5.79. The van der Waals surface area contributed by atoms with Crippen LogP contribution in [0.2, 0.25) is 0 Å². The molecular weight excluding hydrogens is 394 g/mol. The molecule has 1 aliphatic rings. The van der Waals surface area contributed by atoms with Gasteiger partial charge < -0.3 is 14.8 Å². The number of ether oxygens (including phenoxy) is 2. The molecule has 2 heterocycles. The molecule has 1 N–H and O–H groups in total. The Labute approximate surface area is 181 Å². The summed E-state index contributed by atoms with van der Waals surface area (Å²) >= 11 is 0. The number of carbonyl (C=O) groups is 1. The van der Waals surface area contributed by atoms with Gasteiger partial charge in [0, 0.05) is 6.42 Å². The number of benzene rings is 2. The summed E-state index contributed by atoms with van der Waals surface area (Å²) in [6, 6.07) is 13.5. The van der Waals surface area contributed by atoms with Crippen LogP contribution in [-0.2, 0) is 11.2 Å². The van der Waals surface area contributed by atoms with E-state index in [0.29, 0.717) is 25.5 Å². The van der Waals surface area contributed by atoms with E-state index in [2.05, 4.69) is 34.7 Å². The van der Waals surface area contributed by atoms with Crippen molar-refractivity contribution < 1.29 is 14.3 Å². The highest BCUT2D eigenvalue weighted by Gasteiger charge is 2.21. The molecule has 1 atom stereocenters. The first-order valence-electron chi connectivity index (χ1n) is 10.5. The molecule has 0 saturated heterocycles. The van der Waals surface area contributed by atoms with Gasteiger partial charge in [-0.1, -0.05) is 32.0 Å². The largest absolute Gasteiger partial charge is 0.490 e. The van der Waals surface area contributed by atoms with Crippen molar-refractivity contribution in [3.05, 3.63) is 59.4 Å². The van der Waals surface area contributed by atoms with Crippen molar-refractivity contribution in [3.8, 4) is 17.2 Å². The Hall–Kier alpha value is -3.42. The number of rotatable bonds is 6. The molecule has 0 spiro atoms. The number of hydrogen-bond donors (Lipinski definition) is 1. The molecule has 0 unspecified atom stereocenters. The van der Waals surface area contributed by atoms with Gasteiger partial charge >= 0.3 is 0 Å². The van der Waals surface area contributed by atoms with Gasteiger partial charge in [0.2, 0.25) is 5.91 Å². The Morgan fingerprint density at radius 1 is 1.10 bits per heavy atom. The van der Waals surface area contributed by atoms with E-state index in [0.717, 1.165) is 34.7 Å². The molecule has 0 fully saturated rings. The van der Waals surface area contributed by atoms with Gasteiger partial charge in [-0.3, -0.25) is 4.79 Å². The predicted octanol–water partition coefficient (Wildman–Crippen LogP) is 3.19. The van der Waals surface area contributed by atoms with Crippen LogP contribution in [0.25, 0.3) is 5.69 Å². The summed E-state index contributed by atoms with van der Waals surface area (Å²) in [5.41, 5.74) is 2.80. The second-order valence-corrected chi connectivity index (χ2v) is 8.03. The number of tetrazole rings is 1. The Morgan fingerprint density at radius 3 is 2.52 bits per heavy atom. The van der Waals surface area contributed by atoms with Crippen LogP contribution in [0.1, 0.15) is 43.3 Å². The van der Waals surface area contributed by atoms with E-state index < -0.39 is 0 Å². The zero-order chi connectivity index (χ0) is 21.8. The molecule has 2 aromatic carbocycles. The molecule has 1 aliphatic heterocycles. The quantitative estimate of drug-likeness (QED) is 0.657. The standard InChI is InChI=1S/C23H27N5O3/c1-15(2)23(18-7-10-20-21(14-18)31-12-4-11-30-20)24-22(29)13-17-5-8-19(9-6-17)28-16(3)25-26-27-28/h5-10,14-15,23H,4,11-13H2,1-3H3,(H,24,29)/t23-/m0/s1. The van der Waals surface area contributed by atoms with E-state index >= 15 is 0 Å². The molecule has 4 rings (SSSR count). The summed E-state index contributed by atoms with van der Waals surface area (Å²) in [7, 11) is 0. The Balaban J connectivity index is 1.44. The van der Waals surface area contributed by atoms with Gasteiger partial charge in [0.05, 0.1) is 31.4 Å². The number of amides is 1. The maximum Gasteiger partial charge on any atom is 0.224 e. The Morgan fingerprint density at radius 2 is 1.84 bits per heavy atom. The topological polar surface area (TPSA) is 91.2 Å². The third-order valence-corrected chi connectivity index (χ3v) is 5.28. The number of nitrogens with one attached hydrogen (secondary N) is 1. The van der Waals surface area contributed by atoms with E-state index in [1.54, 1.807) is 4.68 Å². The van der Waals surface area contributed by atoms with Crippen LogP contribution in [-0.4, -0.2) is 39.3 Å². The van der Waals surface area contributed by atoms with Crippen molar-refractivity contribution in [1.29, 1.82) is 0 Å². The molecule has 3 aromatic rings. The zero-order valence-electron chi connectivity index (χ0n) is 18.0. The van der Waals surface area contributed by atoms with Crippen LogP contribution in [0.15, 0.2) is 42.5 Å². The molecule has 8 heteroatoms. The molecule has 0 aliphatic carbocycles. The smallest absolute Gasteiger partial charge is 0.224 e. The van der Waals surface area contributed by atoms with Crippen molar-refractivity contribution in [1.82, 2.24) is 25.5 Å². The van der Waals surface area contributed by atoms with Gasteiger partial charge in [-0.05, 0) is 58.7 Å². The van der Waals surface area contributed by atoms with Crippen LogP contribution in [0.3, 0.4) is 0 Å². The molecule has 0 bridgehead atoms. The van der Waals surface area contributed by atoms with Gasteiger partial charge in [0.15, 0.2) is 17.3 Å².